The van der Waals surface area contributed by atoms with Gasteiger partial charge in [0.1, 0.15) is 0 Å². The molecule has 0 fully saturated rings. The smallest absolute Gasteiger partial charge is 0.366 e. The standard InChI is InChI=1S/C22H21F3N2O6S/c1-15(2)14-27(34(31,32)18-6-4-3-5-7-18)17-10-8-16(9-11-17)21(30,22(23,24)25)13-12-19(28)33-20(26)29/h3-11,15,30H,14H2,1-2H3,(H2,26,29). The van der Waals surface area contributed by atoms with Gasteiger partial charge < -0.3 is 15.6 Å². The van der Waals surface area contributed by atoms with Crippen molar-refractivity contribution in [3.63, 3.8) is 0 Å². The fourth-order valence-electron chi connectivity index (χ4n) is 2.83. The van der Waals surface area contributed by atoms with Crippen LogP contribution in [0.15, 0.2) is 59.5 Å². The SMILES string of the molecule is CC(C)CN(c1ccc(C(O)(C#CC(=O)OC(N)=O)C(F)(F)F)cc1)S(=O)(=O)c1ccccc1. The van der Waals surface area contributed by atoms with E-state index in [4.69, 9.17) is 0 Å². The second kappa shape index (κ2) is 10.1. The summed E-state index contributed by atoms with van der Waals surface area (Å²) in [5.74, 6) is 0.919. The largest absolute Gasteiger partial charge is 0.433 e. The van der Waals surface area contributed by atoms with Gasteiger partial charge in [-0.25, -0.2) is 18.0 Å². The molecule has 0 saturated carbocycles. The van der Waals surface area contributed by atoms with Crippen molar-refractivity contribution in [2.24, 2.45) is 11.7 Å². The van der Waals surface area contributed by atoms with Crippen molar-refractivity contribution in [2.45, 2.75) is 30.5 Å². The first-order chi connectivity index (χ1) is 15.7. The van der Waals surface area contributed by atoms with Gasteiger partial charge in [0, 0.05) is 18.0 Å². The van der Waals surface area contributed by atoms with Gasteiger partial charge in [-0.2, -0.15) is 13.2 Å². The van der Waals surface area contributed by atoms with E-state index >= 15 is 0 Å². The number of ether oxygens (including phenoxy) is 1. The molecule has 12 heteroatoms. The molecule has 0 spiro atoms. The summed E-state index contributed by atoms with van der Waals surface area (Å²) in [5.41, 5.74) is 0.0425. The molecule has 1 unspecified atom stereocenters. The Kier molecular flexibility index (Phi) is 7.97. The maximum atomic E-state index is 13.6. The van der Waals surface area contributed by atoms with E-state index in [-0.39, 0.29) is 23.0 Å². The first-order valence-corrected chi connectivity index (χ1v) is 11.1. The molecule has 0 aliphatic rings. The summed E-state index contributed by atoms with van der Waals surface area (Å²) in [4.78, 5) is 21.8. The van der Waals surface area contributed by atoms with Crippen molar-refractivity contribution >= 4 is 27.8 Å². The zero-order valence-electron chi connectivity index (χ0n) is 18.0. The average molecular weight is 498 g/mol. The Morgan fingerprint density at radius 2 is 1.65 bits per heavy atom. The second-order valence-electron chi connectivity index (χ2n) is 7.46. The Balaban J connectivity index is 2.52. The van der Waals surface area contributed by atoms with E-state index in [2.05, 4.69) is 10.5 Å². The van der Waals surface area contributed by atoms with Crippen molar-refractivity contribution in [2.75, 3.05) is 10.8 Å². The topological polar surface area (TPSA) is 127 Å². The predicted molar refractivity (Wildman–Crippen MR) is 116 cm³/mol. The number of hydrogen-bond acceptors (Lipinski definition) is 6. The monoisotopic (exact) mass is 498 g/mol. The number of halogens is 3. The number of hydrogen-bond donors (Lipinski definition) is 2. The number of carbonyl (C=O) groups excluding carboxylic acids is 2. The van der Waals surface area contributed by atoms with Gasteiger partial charge in [0.15, 0.2) is 0 Å². The van der Waals surface area contributed by atoms with E-state index in [1.165, 1.54) is 36.1 Å². The highest BCUT2D eigenvalue weighted by Crippen LogP contribution is 2.39. The Hall–Kier alpha value is -3.56. The van der Waals surface area contributed by atoms with Crippen LogP contribution in [0.1, 0.15) is 19.4 Å². The number of anilines is 1. The van der Waals surface area contributed by atoms with Crippen LogP contribution in [-0.4, -0.2) is 38.3 Å². The van der Waals surface area contributed by atoms with E-state index in [1.54, 1.807) is 19.9 Å². The van der Waals surface area contributed by atoms with Crippen LogP contribution < -0.4 is 10.0 Å². The molecule has 0 radical (unpaired) electrons. The third-order valence-electron chi connectivity index (χ3n) is 4.38. The molecule has 2 rings (SSSR count). The highest BCUT2D eigenvalue weighted by Gasteiger charge is 2.54. The lowest BCUT2D eigenvalue weighted by molar-refractivity contribution is -0.240. The average Bonchev–Trinajstić information content (AvgIpc) is 2.75. The number of aliphatic hydroxyl groups is 1. The van der Waals surface area contributed by atoms with Crippen molar-refractivity contribution in [3.8, 4) is 11.8 Å². The molecule has 0 saturated heterocycles. The molecular formula is C22H21F3N2O6S. The number of sulfonamides is 1. The highest BCUT2D eigenvalue weighted by atomic mass is 32.2. The Labute approximate surface area is 194 Å². The quantitative estimate of drug-likeness (QED) is 0.273. The molecule has 0 bridgehead atoms. The minimum absolute atomic E-state index is 0.00893. The normalized spacial score (nSPS) is 13.4. The number of rotatable bonds is 6. The summed E-state index contributed by atoms with van der Waals surface area (Å²) in [5, 5.41) is 10.3. The van der Waals surface area contributed by atoms with Crippen molar-refractivity contribution in [1.29, 1.82) is 0 Å². The molecular weight excluding hydrogens is 477 g/mol. The minimum atomic E-state index is -5.36. The van der Waals surface area contributed by atoms with E-state index in [9.17, 15) is 36.3 Å². The minimum Gasteiger partial charge on any atom is -0.366 e. The Bertz CT molecular complexity index is 1200. The van der Waals surface area contributed by atoms with Crippen LogP contribution in [0.4, 0.5) is 23.7 Å². The number of carbonyl (C=O) groups is 2. The van der Waals surface area contributed by atoms with Gasteiger partial charge in [-0.05, 0) is 36.1 Å². The van der Waals surface area contributed by atoms with E-state index in [0.717, 1.165) is 28.6 Å². The zero-order chi connectivity index (χ0) is 25.7. The molecule has 1 atom stereocenters. The van der Waals surface area contributed by atoms with Gasteiger partial charge in [0.05, 0.1) is 10.6 Å². The highest BCUT2D eigenvalue weighted by molar-refractivity contribution is 7.92. The van der Waals surface area contributed by atoms with Gasteiger partial charge in [-0.15, -0.1) is 0 Å². The summed E-state index contributed by atoms with van der Waals surface area (Å²) >= 11 is 0. The van der Waals surface area contributed by atoms with Gasteiger partial charge in [-0.3, -0.25) is 4.31 Å². The van der Waals surface area contributed by atoms with Gasteiger partial charge in [0.25, 0.3) is 10.0 Å². The maximum absolute atomic E-state index is 13.6. The second-order valence-corrected chi connectivity index (χ2v) is 9.32. The summed E-state index contributed by atoms with van der Waals surface area (Å²) < 4.78 is 72.1. The molecule has 0 heterocycles. The third kappa shape index (κ3) is 6.06. The van der Waals surface area contributed by atoms with Crippen molar-refractivity contribution in [1.82, 2.24) is 0 Å². The summed E-state index contributed by atoms with van der Waals surface area (Å²) in [6, 6.07) is 11.3. The summed E-state index contributed by atoms with van der Waals surface area (Å²) in [7, 11) is -4.04. The fourth-order valence-corrected chi connectivity index (χ4v) is 4.48. The van der Waals surface area contributed by atoms with Crippen molar-refractivity contribution in [3.05, 3.63) is 60.2 Å². The predicted octanol–water partition coefficient (Wildman–Crippen LogP) is 2.91. The number of amides is 1. The van der Waals surface area contributed by atoms with E-state index in [0.29, 0.717) is 0 Å². The number of benzene rings is 2. The third-order valence-corrected chi connectivity index (χ3v) is 6.19. The Morgan fingerprint density at radius 3 is 2.12 bits per heavy atom. The van der Waals surface area contributed by atoms with Gasteiger partial charge in [0.2, 0.25) is 5.60 Å². The molecule has 2 aromatic rings. The summed E-state index contributed by atoms with van der Waals surface area (Å²) in [6.45, 7) is 3.56. The van der Waals surface area contributed by atoms with Crippen LogP contribution in [-0.2, 0) is 25.2 Å². The molecule has 2 aromatic carbocycles. The molecule has 1 amide bonds. The molecule has 0 aliphatic heterocycles. The molecule has 0 aliphatic carbocycles. The molecule has 34 heavy (non-hydrogen) atoms. The lowest BCUT2D eigenvalue weighted by atomic mass is 9.93. The van der Waals surface area contributed by atoms with E-state index < -0.39 is 39.4 Å². The molecule has 3 N–H and O–H groups in total. The maximum Gasteiger partial charge on any atom is 0.433 e. The van der Waals surface area contributed by atoms with Crippen LogP contribution in [0.2, 0.25) is 0 Å². The summed E-state index contributed by atoms with van der Waals surface area (Å²) in [6.07, 6.45) is -6.94. The fraction of sp³-hybridized carbons (Fsp3) is 0.273. The van der Waals surface area contributed by atoms with E-state index in [1.807, 2.05) is 0 Å². The van der Waals surface area contributed by atoms with Crippen LogP contribution in [0.3, 0.4) is 0 Å². The van der Waals surface area contributed by atoms with Crippen LogP contribution >= 0.6 is 0 Å². The number of alkyl halides is 3. The number of nitrogens with zero attached hydrogens (tertiary/aromatic N) is 1. The first-order valence-electron chi connectivity index (χ1n) is 9.70. The molecule has 0 aromatic heterocycles. The van der Waals surface area contributed by atoms with Gasteiger partial charge in [-0.1, -0.05) is 44.2 Å². The number of primary amides is 1. The van der Waals surface area contributed by atoms with Crippen LogP contribution in [0.5, 0.6) is 0 Å². The van der Waals surface area contributed by atoms with Crippen molar-refractivity contribution < 1.29 is 41.0 Å². The Morgan fingerprint density at radius 1 is 1.09 bits per heavy atom. The number of esters is 1. The number of nitrogens with two attached hydrogens (primary N) is 1. The molecule has 182 valence electrons. The van der Waals surface area contributed by atoms with Crippen LogP contribution in [0, 0.1) is 17.8 Å². The lowest BCUT2D eigenvalue weighted by Crippen LogP contribution is -2.41. The van der Waals surface area contributed by atoms with Crippen LogP contribution in [0.25, 0.3) is 0 Å². The zero-order valence-corrected chi connectivity index (χ0v) is 18.9. The first kappa shape index (κ1) is 26.7. The lowest BCUT2D eigenvalue weighted by Gasteiger charge is -2.28. The molecule has 8 nitrogen and oxygen atoms in total. The van der Waals surface area contributed by atoms with Gasteiger partial charge >= 0.3 is 18.2 Å².